The topological polar surface area (TPSA) is 66.4 Å². The highest BCUT2D eigenvalue weighted by atomic mass is 16.4. The second-order valence-electron chi connectivity index (χ2n) is 6.72. The van der Waals surface area contributed by atoms with E-state index in [2.05, 4.69) is 5.32 Å². The first-order chi connectivity index (χ1) is 13.5. The lowest BCUT2D eigenvalue weighted by molar-refractivity contribution is -0.118. The van der Waals surface area contributed by atoms with E-state index in [-0.39, 0.29) is 17.4 Å². The van der Waals surface area contributed by atoms with Gasteiger partial charge in [0.25, 0.3) is 0 Å². The molecule has 3 rings (SSSR count). The first kappa shape index (κ1) is 19.4. The zero-order valence-corrected chi connectivity index (χ0v) is 15.5. The number of hydrogen-bond acceptors (Lipinski definition) is 2. The average molecular weight is 369 g/mol. The smallest absolute Gasteiger partial charge is 0.335 e. The molecule has 0 heterocycles. The molecule has 3 aromatic carbocycles. The van der Waals surface area contributed by atoms with Crippen LogP contribution in [0.2, 0.25) is 0 Å². The molecule has 2 atom stereocenters. The minimum Gasteiger partial charge on any atom is -0.478 e. The number of hydrogen-bond donors (Lipinski definition) is 2. The lowest BCUT2D eigenvalue weighted by Gasteiger charge is -2.24. The van der Waals surface area contributed by atoms with Crippen molar-refractivity contribution >= 4 is 30.9 Å². The molecule has 0 spiro atoms. The first-order valence-electron chi connectivity index (χ1n) is 9.00. The highest BCUT2D eigenvalue weighted by Crippen LogP contribution is 2.34. The third-order valence-electron chi connectivity index (χ3n) is 4.80. The Morgan fingerprint density at radius 1 is 0.857 bits per heavy atom. The summed E-state index contributed by atoms with van der Waals surface area (Å²) < 4.78 is 0. The number of amides is 1. The molecule has 1 amide bonds. The van der Waals surface area contributed by atoms with Gasteiger partial charge in [-0.25, -0.2) is 4.79 Å². The van der Waals surface area contributed by atoms with Gasteiger partial charge in [0.05, 0.1) is 11.5 Å². The molecule has 0 aliphatic rings. The summed E-state index contributed by atoms with van der Waals surface area (Å²) in [5.41, 5.74) is 3.31. The molecule has 0 bridgehead atoms. The maximum Gasteiger partial charge on any atom is 0.335 e. The predicted molar refractivity (Wildman–Crippen MR) is 111 cm³/mol. The van der Waals surface area contributed by atoms with Crippen LogP contribution in [0.1, 0.15) is 40.2 Å². The Morgan fingerprint density at radius 2 is 1.46 bits per heavy atom. The van der Waals surface area contributed by atoms with Crippen LogP contribution in [0.15, 0.2) is 78.9 Å². The van der Waals surface area contributed by atoms with Crippen LogP contribution in [-0.4, -0.2) is 24.8 Å². The third-order valence-corrected chi connectivity index (χ3v) is 4.80. The van der Waals surface area contributed by atoms with E-state index in [0.29, 0.717) is 11.2 Å². The van der Waals surface area contributed by atoms with E-state index in [9.17, 15) is 9.59 Å². The zero-order chi connectivity index (χ0) is 20.1. The monoisotopic (exact) mass is 369 g/mol. The maximum absolute atomic E-state index is 13.2. The number of nitrogens with one attached hydrogen (secondary N) is 1. The minimum absolute atomic E-state index is 0.134. The van der Waals surface area contributed by atoms with Crippen LogP contribution in [0.3, 0.4) is 0 Å². The molecule has 0 aromatic heterocycles. The van der Waals surface area contributed by atoms with Crippen molar-refractivity contribution in [2.24, 2.45) is 0 Å². The Bertz CT molecular complexity index is 953. The molecule has 0 aliphatic heterocycles. The number of carboxylic acid groups (broad SMARTS) is 1. The maximum atomic E-state index is 13.2. The summed E-state index contributed by atoms with van der Waals surface area (Å²) in [7, 11) is 5.71. The van der Waals surface area contributed by atoms with Gasteiger partial charge in [0, 0.05) is 5.69 Å². The molecule has 0 saturated heterocycles. The van der Waals surface area contributed by atoms with Gasteiger partial charge in [0.1, 0.15) is 7.85 Å². The molecule has 28 heavy (non-hydrogen) atoms. The van der Waals surface area contributed by atoms with Gasteiger partial charge in [0.15, 0.2) is 0 Å². The van der Waals surface area contributed by atoms with Gasteiger partial charge in [-0.05, 0) is 41.3 Å². The molecular formula is C23H20BNO3. The summed E-state index contributed by atoms with van der Waals surface area (Å²) in [6.07, 6.45) is 0. The molecule has 138 valence electrons. The lowest BCUT2D eigenvalue weighted by atomic mass is 9.81. The number of rotatable bonds is 6. The van der Waals surface area contributed by atoms with Gasteiger partial charge < -0.3 is 10.4 Å². The van der Waals surface area contributed by atoms with E-state index < -0.39 is 11.9 Å². The van der Waals surface area contributed by atoms with Gasteiger partial charge in [-0.3, -0.25) is 4.79 Å². The summed E-state index contributed by atoms with van der Waals surface area (Å²) in [6.45, 7) is 1.97. The lowest BCUT2D eigenvalue weighted by Crippen LogP contribution is -2.25. The standard InChI is InChI=1S/C23H20BNO3/c1-15(16-7-9-18(10-8-16)23(27)28)21(17-5-3-2-4-6-17)22(26)25-20-13-11-19(24)12-14-20/h2-15,21H,1H3,(H,25,26)(H,27,28)/t15?,21-/m1/s1. The predicted octanol–water partition coefficient (Wildman–Crippen LogP) is 3.70. The van der Waals surface area contributed by atoms with Crippen molar-refractivity contribution in [1.29, 1.82) is 0 Å². The summed E-state index contributed by atoms with van der Waals surface area (Å²) >= 11 is 0. The quantitative estimate of drug-likeness (QED) is 0.651. The fourth-order valence-corrected chi connectivity index (χ4v) is 3.24. The molecule has 5 heteroatoms. The molecule has 0 fully saturated rings. The summed E-state index contributed by atoms with van der Waals surface area (Å²) in [6, 6.07) is 23.2. The van der Waals surface area contributed by atoms with E-state index in [4.69, 9.17) is 13.0 Å². The van der Waals surface area contributed by atoms with Crippen LogP contribution in [0, 0.1) is 0 Å². The van der Waals surface area contributed by atoms with Crippen molar-refractivity contribution in [2.75, 3.05) is 5.32 Å². The number of benzene rings is 3. The Hall–Kier alpha value is -3.34. The van der Waals surface area contributed by atoms with Crippen LogP contribution in [0.5, 0.6) is 0 Å². The Kier molecular flexibility index (Phi) is 5.95. The molecule has 2 N–H and O–H groups in total. The van der Waals surface area contributed by atoms with Crippen LogP contribution >= 0.6 is 0 Å². The Labute approximate surface area is 165 Å². The van der Waals surface area contributed by atoms with E-state index in [0.717, 1.165) is 11.1 Å². The molecule has 0 aliphatic carbocycles. The number of carbonyl (C=O) groups excluding carboxylic acids is 1. The number of anilines is 1. The highest BCUT2D eigenvalue weighted by molar-refractivity contribution is 6.32. The van der Waals surface area contributed by atoms with Crippen LogP contribution in [0.25, 0.3) is 0 Å². The van der Waals surface area contributed by atoms with E-state index >= 15 is 0 Å². The highest BCUT2D eigenvalue weighted by Gasteiger charge is 2.28. The molecule has 4 nitrogen and oxygen atoms in total. The van der Waals surface area contributed by atoms with Crippen LogP contribution in [-0.2, 0) is 4.79 Å². The molecule has 0 saturated carbocycles. The molecule has 2 radical (unpaired) electrons. The van der Waals surface area contributed by atoms with E-state index in [1.54, 1.807) is 48.5 Å². The normalized spacial score (nSPS) is 12.8. The van der Waals surface area contributed by atoms with Crippen molar-refractivity contribution in [3.05, 3.63) is 95.6 Å². The minimum atomic E-state index is -0.972. The second kappa shape index (κ2) is 8.57. The van der Waals surface area contributed by atoms with Gasteiger partial charge in [-0.15, -0.1) is 0 Å². The van der Waals surface area contributed by atoms with Crippen molar-refractivity contribution in [2.45, 2.75) is 18.8 Å². The Morgan fingerprint density at radius 3 is 2.04 bits per heavy atom. The molecule has 1 unspecified atom stereocenters. The fraction of sp³-hybridized carbons (Fsp3) is 0.130. The van der Waals surface area contributed by atoms with Gasteiger partial charge in [-0.2, -0.15) is 0 Å². The van der Waals surface area contributed by atoms with Gasteiger partial charge in [0.2, 0.25) is 5.91 Å². The van der Waals surface area contributed by atoms with Crippen molar-refractivity contribution in [1.82, 2.24) is 0 Å². The summed E-state index contributed by atoms with van der Waals surface area (Å²) in [5.74, 6) is -1.70. The van der Waals surface area contributed by atoms with Gasteiger partial charge in [-0.1, -0.05) is 67.0 Å². The Balaban J connectivity index is 1.91. The molecular weight excluding hydrogens is 349 g/mol. The molecule has 3 aromatic rings. The average Bonchev–Trinajstić information content (AvgIpc) is 2.70. The van der Waals surface area contributed by atoms with Crippen molar-refractivity contribution in [3.8, 4) is 0 Å². The van der Waals surface area contributed by atoms with Gasteiger partial charge >= 0.3 is 5.97 Å². The fourth-order valence-electron chi connectivity index (χ4n) is 3.24. The zero-order valence-electron chi connectivity index (χ0n) is 15.5. The number of aromatic carboxylic acids is 1. The summed E-state index contributed by atoms with van der Waals surface area (Å²) in [5, 5.41) is 12.1. The SMILES string of the molecule is [B]c1ccc(NC(=O)[C@@H](c2ccccc2)C(C)c2ccc(C(=O)O)cc2)cc1. The van der Waals surface area contributed by atoms with E-state index in [1.807, 2.05) is 37.3 Å². The second-order valence-corrected chi connectivity index (χ2v) is 6.72. The third kappa shape index (κ3) is 4.49. The first-order valence-corrected chi connectivity index (χ1v) is 9.00. The largest absolute Gasteiger partial charge is 0.478 e. The van der Waals surface area contributed by atoms with Crippen molar-refractivity contribution in [3.63, 3.8) is 0 Å². The number of carbonyl (C=O) groups is 2. The van der Waals surface area contributed by atoms with Crippen LogP contribution < -0.4 is 10.8 Å². The van der Waals surface area contributed by atoms with Crippen molar-refractivity contribution < 1.29 is 14.7 Å². The number of carboxylic acids is 1. The summed E-state index contributed by atoms with van der Waals surface area (Å²) in [4.78, 5) is 24.3. The van der Waals surface area contributed by atoms with Crippen LogP contribution in [0.4, 0.5) is 5.69 Å². The van der Waals surface area contributed by atoms with E-state index in [1.165, 1.54) is 0 Å².